The van der Waals surface area contributed by atoms with Crippen LogP contribution in [-0.4, -0.2) is 36.7 Å². The molecule has 0 saturated heterocycles. The fourth-order valence-electron chi connectivity index (χ4n) is 4.52. The number of hydrogen-bond donors (Lipinski definition) is 2. The zero-order valence-corrected chi connectivity index (χ0v) is 20.5. The van der Waals surface area contributed by atoms with Gasteiger partial charge in [-0.3, -0.25) is 9.59 Å². The molecule has 0 spiro atoms. The number of rotatable bonds is 8. The highest BCUT2D eigenvalue weighted by Gasteiger charge is 2.37. The first-order valence-electron chi connectivity index (χ1n) is 11.3. The highest BCUT2D eigenvalue weighted by Crippen LogP contribution is 2.33. The Morgan fingerprint density at radius 3 is 2.11 bits per heavy atom. The number of carbonyl (C=O) groups is 2. The normalized spacial score (nSPS) is 12.3. The fraction of sp³-hybridized carbons (Fsp3) is 0.259. The monoisotopic (exact) mass is 491 g/mol. The van der Waals surface area contributed by atoms with E-state index < -0.39 is 23.8 Å². The van der Waals surface area contributed by atoms with Crippen LogP contribution < -0.4 is 0 Å². The smallest absolute Gasteiger partial charge is 0.318 e. The zero-order chi connectivity index (χ0) is 25.3. The van der Waals surface area contributed by atoms with E-state index in [1.165, 1.54) is 0 Å². The number of fused-ring (bicyclic) bond motifs is 1. The van der Waals surface area contributed by atoms with Gasteiger partial charge >= 0.3 is 11.9 Å². The predicted molar refractivity (Wildman–Crippen MR) is 134 cm³/mol. The Morgan fingerprint density at radius 2 is 1.54 bits per heavy atom. The van der Waals surface area contributed by atoms with E-state index >= 15 is 0 Å². The van der Waals surface area contributed by atoms with Gasteiger partial charge in [-0.05, 0) is 36.1 Å². The molecule has 0 aliphatic carbocycles. The molecule has 2 heterocycles. The van der Waals surface area contributed by atoms with Gasteiger partial charge in [-0.2, -0.15) is 0 Å². The summed E-state index contributed by atoms with van der Waals surface area (Å²) in [5.41, 5.74) is 5.41. The van der Waals surface area contributed by atoms with Crippen molar-refractivity contribution < 1.29 is 19.8 Å². The largest absolute Gasteiger partial charge is 0.481 e. The molecule has 0 saturated carbocycles. The molecule has 0 aliphatic heterocycles. The molecule has 4 aromatic rings. The van der Waals surface area contributed by atoms with Crippen LogP contribution in [0.25, 0.3) is 11.2 Å². The van der Waals surface area contributed by atoms with E-state index in [0.717, 1.165) is 40.2 Å². The van der Waals surface area contributed by atoms with Crippen molar-refractivity contribution in [1.29, 1.82) is 0 Å². The van der Waals surface area contributed by atoms with Gasteiger partial charge in [0, 0.05) is 12.3 Å². The first-order chi connectivity index (χ1) is 16.7. The SMILES string of the molecule is CCc1nc2c(C)c(Cl)c(C)nc2n1Cc1ccc(C(c2ccccc2)C(C(=O)O)C(=O)O)cc1. The lowest BCUT2D eigenvalue weighted by Gasteiger charge is -2.22. The molecular weight excluding hydrogens is 466 g/mol. The number of pyridine rings is 1. The topological polar surface area (TPSA) is 105 Å². The van der Waals surface area contributed by atoms with E-state index in [4.69, 9.17) is 16.6 Å². The van der Waals surface area contributed by atoms with Crippen molar-refractivity contribution in [2.45, 2.75) is 39.7 Å². The van der Waals surface area contributed by atoms with E-state index in [0.29, 0.717) is 22.7 Å². The number of benzene rings is 2. The molecule has 8 heteroatoms. The first-order valence-corrected chi connectivity index (χ1v) is 11.7. The molecular formula is C27H26ClN3O4. The van der Waals surface area contributed by atoms with Gasteiger partial charge < -0.3 is 14.8 Å². The summed E-state index contributed by atoms with van der Waals surface area (Å²) >= 11 is 6.39. The van der Waals surface area contributed by atoms with E-state index in [1.807, 2.05) is 39.0 Å². The molecule has 0 fully saturated rings. The number of aryl methyl sites for hydroxylation is 3. The second-order valence-corrected chi connectivity index (χ2v) is 8.94. The second-order valence-electron chi connectivity index (χ2n) is 8.56. The third kappa shape index (κ3) is 4.64. The number of hydrogen-bond acceptors (Lipinski definition) is 4. The average molecular weight is 492 g/mol. The number of carboxylic acid groups (broad SMARTS) is 2. The van der Waals surface area contributed by atoms with Crippen molar-refractivity contribution in [1.82, 2.24) is 14.5 Å². The Labute approximate surface area is 208 Å². The summed E-state index contributed by atoms with van der Waals surface area (Å²) in [4.78, 5) is 33.2. The summed E-state index contributed by atoms with van der Waals surface area (Å²) in [6.45, 7) is 6.37. The fourth-order valence-corrected chi connectivity index (χ4v) is 4.65. The molecule has 4 rings (SSSR count). The molecule has 1 unspecified atom stereocenters. The quantitative estimate of drug-likeness (QED) is 0.327. The maximum absolute atomic E-state index is 11.9. The van der Waals surface area contributed by atoms with Crippen LogP contribution >= 0.6 is 11.6 Å². The highest BCUT2D eigenvalue weighted by atomic mass is 35.5. The molecule has 2 N–H and O–H groups in total. The van der Waals surface area contributed by atoms with Gasteiger partial charge in [-0.15, -0.1) is 0 Å². The van der Waals surface area contributed by atoms with Gasteiger partial charge in [0.05, 0.1) is 17.3 Å². The maximum Gasteiger partial charge on any atom is 0.318 e. The van der Waals surface area contributed by atoms with Gasteiger partial charge in [0.15, 0.2) is 11.6 Å². The summed E-state index contributed by atoms with van der Waals surface area (Å²) < 4.78 is 2.06. The lowest BCUT2D eigenvalue weighted by Crippen LogP contribution is -2.30. The molecule has 7 nitrogen and oxygen atoms in total. The molecule has 2 aromatic carbocycles. The second kappa shape index (κ2) is 9.88. The van der Waals surface area contributed by atoms with Crippen molar-refractivity contribution in [3.63, 3.8) is 0 Å². The van der Waals surface area contributed by atoms with Crippen LogP contribution in [0, 0.1) is 19.8 Å². The van der Waals surface area contributed by atoms with Crippen molar-refractivity contribution >= 4 is 34.7 Å². The molecule has 0 aliphatic rings. The third-order valence-corrected chi connectivity index (χ3v) is 6.87. The van der Waals surface area contributed by atoms with Crippen molar-refractivity contribution in [2.75, 3.05) is 0 Å². The number of halogens is 1. The molecule has 2 aromatic heterocycles. The molecule has 35 heavy (non-hydrogen) atoms. The first kappa shape index (κ1) is 24.4. The van der Waals surface area contributed by atoms with Gasteiger partial charge in [-0.25, -0.2) is 9.97 Å². The van der Waals surface area contributed by atoms with Crippen LogP contribution in [-0.2, 0) is 22.6 Å². The number of aliphatic carboxylic acids is 2. The minimum atomic E-state index is -1.60. The summed E-state index contributed by atoms with van der Waals surface area (Å²) in [5, 5.41) is 20.0. The number of aromatic nitrogens is 3. The summed E-state index contributed by atoms with van der Waals surface area (Å²) in [6, 6.07) is 16.3. The maximum atomic E-state index is 11.9. The van der Waals surface area contributed by atoms with Gasteiger partial charge in [0.25, 0.3) is 0 Å². The van der Waals surface area contributed by atoms with Crippen molar-refractivity contribution in [3.8, 4) is 0 Å². The Kier molecular flexibility index (Phi) is 6.89. The van der Waals surface area contributed by atoms with Crippen LogP contribution in [0.5, 0.6) is 0 Å². The van der Waals surface area contributed by atoms with E-state index in [-0.39, 0.29) is 0 Å². The molecule has 1 atom stereocenters. The van der Waals surface area contributed by atoms with Crippen molar-refractivity contribution in [2.24, 2.45) is 5.92 Å². The van der Waals surface area contributed by atoms with Crippen LogP contribution in [0.15, 0.2) is 54.6 Å². The Morgan fingerprint density at radius 1 is 0.943 bits per heavy atom. The summed E-state index contributed by atoms with van der Waals surface area (Å²) in [7, 11) is 0. The molecule has 0 amide bonds. The minimum Gasteiger partial charge on any atom is -0.481 e. The van der Waals surface area contributed by atoms with Crippen molar-refractivity contribution in [3.05, 3.63) is 93.4 Å². The van der Waals surface area contributed by atoms with Gasteiger partial charge in [-0.1, -0.05) is 73.1 Å². The van der Waals surface area contributed by atoms with Crippen LogP contribution in [0.4, 0.5) is 0 Å². The number of nitrogens with zero attached hydrogens (tertiary/aromatic N) is 3. The molecule has 0 bridgehead atoms. The third-order valence-electron chi connectivity index (χ3n) is 6.32. The minimum absolute atomic E-state index is 0.519. The standard InChI is InChI=1S/C27H26ClN3O4/c1-4-20-30-24-15(2)23(28)16(3)29-25(24)31(20)14-17-10-12-19(13-11-17)21(18-8-6-5-7-9-18)22(26(32)33)27(34)35/h5-13,21-22H,4,14H2,1-3H3,(H,32,33)(H,34,35). The van der Waals surface area contributed by atoms with Crippen LogP contribution in [0.2, 0.25) is 5.02 Å². The number of imidazole rings is 1. The predicted octanol–water partition coefficient (Wildman–Crippen LogP) is 5.23. The van der Waals surface area contributed by atoms with Gasteiger partial charge in [0.1, 0.15) is 11.3 Å². The van der Waals surface area contributed by atoms with Crippen LogP contribution in [0.1, 0.15) is 46.6 Å². The zero-order valence-electron chi connectivity index (χ0n) is 19.7. The summed E-state index contributed by atoms with van der Waals surface area (Å²) in [5.74, 6) is -4.28. The Hall–Kier alpha value is -3.71. The van der Waals surface area contributed by atoms with Crippen LogP contribution in [0.3, 0.4) is 0 Å². The van der Waals surface area contributed by atoms with E-state index in [9.17, 15) is 19.8 Å². The Balaban J connectivity index is 1.74. The van der Waals surface area contributed by atoms with E-state index in [2.05, 4.69) is 9.55 Å². The molecule has 180 valence electrons. The Bertz CT molecular complexity index is 1380. The number of carboxylic acids is 2. The molecule has 0 radical (unpaired) electrons. The highest BCUT2D eigenvalue weighted by molar-refractivity contribution is 6.32. The lowest BCUT2D eigenvalue weighted by molar-refractivity contribution is -0.155. The van der Waals surface area contributed by atoms with E-state index in [1.54, 1.807) is 36.4 Å². The summed E-state index contributed by atoms with van der Waals surface area (Å²) in [6.07, 6.45) is 0.722. The lowest BCUT2D eigenvalue weighted by atomic mass is 9.80. The average Bonchev–Trinajstić information content (AvgIpc) is 3.18. The van der Waals surface area contributed by atoms with Gasteiger partial charge in [0.2, 0.25) is 0 Å².